The predicted molar refractivity (Wildman–Crippen MR) is 37.5 cm³/mol. The summed E-state index contributed by atoms with van der Waals surface area (Å²) in [6, 6.07) is 3.05. The topological polar surface area (TPSA) is 42.2 Å². The molecule has 0 fully saturated rings. The van der Waals surface area contributed by atoms with Crippen LogP contribution in [0.2, 0.25) is 0 Å². The van der Waals surface area contributed by atoms with Crippen LogP contribution in [0.15, 0.2) is 16.5 Å². The van der Waals surface area contributed by atoms with Crippen LogP contribution in [0.25, 0.3) is 0 Å². The molecule has 1 aromatic heterocycles. The standard InChI is InChI=1S/C6H6BNO2/c1-8-6(9)4-2-3-5(7)10-4/h2-3H,1H3,(H,8,9). The molecule has 0 saturated carbocycles. The zero-order chi connectivity index (χ0) is 7.56. The zero-order valence-electron chi connectivity index (χ0n) is 5.55. The van der Waals surface area contributed by atoms with Crippen LogP contribution in [-0.4, -0.2) is 20.8 Å². The Kier molecular flexibility index (Phi) is 1.80. The number of carbonyl (C=O) groups excluding carboxylic acids is 1. The van der Waals surface area contributed by atoms with Gasteiger partial charge >= 0.3 is 0 Å². The first-order chi connectivity index (χ1) is 4.74. The Morgan fingerprint density at radius 1 is 1.70 bits per heavy atom. The van der Waals surface area contributed by atoms with Gasteiger partial charge in [0.2, 0.25) is 0 Å². The number of hydrogen-bond donors (Lipinski definition) is 1. The summed E-state index contributed by atoms with van der Waals surface area (Å²) in [5.41, 5.74) is 0.249. The van der Waals surface area contributed by atoms with Gasteiger partial charge in [-0.3, -0.25) is 4.79 Å². The average molecular weight is 135 g/mol. The second-order valence-electron chi connectivity index (χ2n) is 1.78. The van der Waals surface area contributed by atoms with Crippen LogP contribution in [0.4, 0.5) is 0 Å². The number of carbonyl (C=O) groups is 1. The normalized spacial score (nSPS) is 9.30. The van der Waals surface area contributed by atoms with E-state index in [2.05, 4.69) is 5.32 Å². The molecule has 0 saturated heterocycles. The van der Waals surface area contributed by atoms with E-state index in [4.69, 9.17) is 12.3 Å². The molecule has 0 aliphatic rings. The summed E-state index contributed by atoms with van der Waals surface area (Å²) in [5.74, 6) is -0.0308. The van der Waals surface area contributed by atoms with Crippen LogP contribution in [0.1, 0.15) is 10.6 Å². The molecule has 50 valence electrons. The van der Waals surface area contributed by atoms with Crippen LogP contribution >= 0.6 is 0 Å². The minimum absolute atomic E-state index is 0.236. The van der Waals surface area contributed by atoms with Crippen LogP contribution < -0.4 is 11.0 Å². The molecular weight excluding hydrogens is 129 g/mol. The van der Waals surface area contributed by atoms with Gasteiger partial charge in [0.25, 0.3) is 5.91 Å². The first-order valence-electron chi connectivity index (χ1n) is 2.81. The molecule has 0 spiro atoms. The summed E-state index contributed by atoms with van der Waals surface area (Å²) in [7, 11) is 6.75. The molecule has 0 aromatic carbocycles. The average Bonchev–Trinajstić information content (AvgIpc) is 2.34. The van der Waals surface area contributed by atoms with Gasteiger partial charge in [0.15, 0.2) is 13.6 Å². The highest BCUT2D eigenvalue weighted by Gasteiger charge is 2.05. The summed E-state index contributed by atoms with van der Waals surface area (Å²) in [5, 5.41) is 2.41. The maximum Gasteiger partial charge on any atom is 0.286 e. The van der Waals surface area contributed by atoms with E-state index in [-0.39, 0.29) is 17.3 Å². The van der Waals surface area contributed by atoms with Gasteiger partial charge in [-0.15, -0.1) is 0 Å². The van der Waals surface area contributed by atoms with E-state index < -0.39 is 0 Å². The fraction of sp³-hybridized carbons (Fsp3) is 0.167. The van der Waals surface area contributed by atoms with Gasteiger partial charge in [0.1, 0.15) is 0 Å². The van der Waals surface area contributed by atoms with Crippen LogP contribution in [0.5, 0.6) is 0 Å². The van der Waals surface area contributed by atoms with Crippen molar-refractivity contribution in [3.05, 3.63) is 17.9 Å². The van der Waals surface area contributed by atoms with E-state index in [1.54, 1.807) is 0 Å². The third-order valence-corrected chi connectivity index (χ3v) is 1.08. The number of rotatable bonds is 1. The van der Waals surface area contributed by atoms with Crippen molar-refractivity contribution in [2.45, 2.75) is 0 Å². The van der Waals surface area contributed by atoms with Gasteiger partial charge in [-0.2, -0.15) is 0 Å². The van der Waals surface area contributed by atoms with Crippen molar-refractivity contribution in [3.8, 4) is 0 Å². The molecule has 1 N–H and O–H groups in total. The molecule has 0 aliphatic carbocycles. The molecule has 0 aliphatic heterocycles. The first kappa shape index (κ1) is 6.93. The van der Waals surface area contributed by atoms with Gasteiger partial charge in [-0.05, 0) is 12.1 Å². The summed E-state index contributed by atoms with van der Waals surface area (Å²) in [6.45, 7) is 0. The molecule has 0 atom stereocenters. The Morgan fingerprint density at radius 2 is 2.40 bits per heavy atom. The lowest BCUT2D eigenvalue weighted by Crippen LogP contribution is -2.17. The number of hydrogen-bond acceptors (Lipinski definition) is 2. The number of amides is 1. The van der Waals surface area contributed by atoms with Crippen LogP contribution in [0.3, 0.4) is 0 Å². The summed E-state index contributed by atoms with van der Waals surface area (Å²) < 4.78 is 4.80. The molecule has 1 aromatic rings. The summed E-state index contributed by atoms with van der Waals surface area (Å²) in [6.07, 6.45) is 0. The molecular formula is C6H6BNO2. The Balaban J connectivity index is 2.85. The molecule has 0 bridgehead atoms. The molecule has 10 heavy (non-hydrogen) atoms. The van der Waals surface area contributed by atoms with E-state index in [0.29, 0.717) is 0 Å². The lowest BCUT2D eigenvalue weighted by atomic mass is 10.1. The summed E-state index contributed by atoms with van der Waals surface area (Å²) >= 11 is 0. The lowest BCUT2D eigenvalue weighted by molar-refractivity contribution is 0.0937. The molecule has 0 unspecified atom stereocenters. The number of nitrogens with one attached hydrogen (secondary N) is 1. The highest BCUT2D eigenvalue weighted by atomic mass is 16.3. The Labute approximate surface area is 59.8 Å². The van der Waals surface area contributed by atoms with E-state index in [1.807, 2.05) is 0 Å². The molecule has 2 radical (unpaired) electrons. The third kappa shape index (κ3) is 1.21. The lowest BCUT2D eigenvalue weighted by Gasteiger charge is -1.91. The Hall–Kier alpha value is -1.19. The van der Waals surface area contributed by atoms with Crippen molar-refractivity contribution in [1.29, 1.82) is 0 Å². The van der Waals surface area contributed by atoms with E-state index in [0.717, 1.165) is 0 Å². The maximum absolute atomic E-state index is 10.8. The largest absolute Gasteiger partial charge is 0.468 e. The molecule has 1 rings (SSSR count). The zero-order valence-corrected chi connectivity index (χ0v) is 5.55. The Bertz CT molecular complexity index is 244. The molecule has 1 amide bonds. The number of furan rings is 1. The van der Waals surface area contributed by atoms with E-state index >= 15 is 0 Å². The van der Waals surface area contributed by atoms with Gasteiger partial charge < -0.3 is 9.73 Å². The van der Waals surface area contributed by atoms with Crippen molar-refractivity contribution in [3.63, 3.8) is 0 Å². The second kappa shape index (κ2) is 2.60. The first-order valence-corrected chi connectivity index (χ1v) is 2.81. The molecule has 4 heteroatoms. The van der Waals surface area contributed by atoms with Gasteiger partial charge in [-0.1, -0.05) is 0 Å². The fourth-order valence-corrected chi connectivity index (χ4v) is 0.598. The fourth-order valence-electron chi connectivity index (χ4n) is 0.598. The minimum atomic E-state index is -0.267. The van der Waals surface area contributed by atoms with Gasteiger partial charge in [-0.25, -0.2) is 0 Å². The molecule has 3 nitrogen and oxygen atoms in total. The third-order valence-electron chi connectivity index (χ3n) is 1.08. The monoisotopic (exact) mass is 135 g/mol. The smallest absolute Gasteiger partial charge is 0.286 e. The van der Waals surface area contributed by atoms with Crippen molar-refractivity contribution in [2.24, 2.45) is 0 Å². The SMILES string of the molecule is [B]c1ccc(C(=O)NC)o1. The summed E-state index contributed by atoms with van der Waals surface area (Å²) in [4.78, 5) is 10.8. The highest BCUT2D eigenvalue weighted by molar-refractivity contribution is 6.30. The van der Waals surface area contributed by atoms with Crippen molar-refractivity contribution < 1.29 is 9.21 Å². The van der Waals surface area contributed by atoms with Gasteiger partial charge in [0, 0.05) is 12.7 Å². The predicted octanol–water partition coefficient (Wildman–Crippen LogP) is -0.567. The second-order valence-corrected chi connectivity index (χ2v) is 1.78. The maximum atomic E-state index is 10.8. The molecule has 1 heterocycles. The van der Waals surface area contributed by atoms with Crippen LogP contribution in [0, 0.1) is 0 Å². The van der Waals surface area contributed by atoms with E-state index in [9.17, 15) is 4.79 Å². The van der Waals surface area contributed by atoms with Gasteiger partial charge in [0.05, 0.1) is 0 Å². The van der Waals surface area contributed by atoms with Crippen LogP contribution in [-0.2, 0) is 0 Å². The van der Waals surface area contributed by atoms with Crippen molar-refractivity contribution in [1.82, 2.24) is 5.32 Å². The highest BCUT2D eigenvalue weighted by Crippen LogP contribution is 1.95. The van der Waals surface area contributed by atoms with Crippen molar-refractivity contribution >= 4 is 19.4 Å². The Morgan fingerprint density at radius 3 is 2.80 bits per heavy atom. The van der Waals surface area contributed by atoms with Crippen molar-refractivity contribution in [2.75, 3.05) is 7.05 Å². The quantitative estimate of drug-likeness (QED) is 0.524. The van der Waals surface area contributed by atoms with E-state index in [1.165, 1.54) is 19.2 Å². The minimum Gasteiger partial charge on any atom is -0.468 e.